The van der Waals surface area contributed by atoms with Crippen molar-refractivity contribution in [1.82, 2.24) is 14.4 Å². The van der Waals surface area contributed by atoms with Gasteiger partial charge in [0.25, 0.3) is 0 Å². The SMILES string of the molecule is CCS(=O)(=O)c1c(-c2ccc(OCC(F)(F)C(F)F)cn2)nc2ccc(Br)cn12. The molecule has 0 fully saturated rings. The molecule has 0 amide bonds. The van der Waals surface area contributed by atoms with Crippen molar-refractivity contribution in [2.45, 2.75) is 24.3 Å². The maximum atomic E-state index is 13.0. The van der Waals surface area contributed by atoms with Crippen LogP contribution in [-0.4, -0.2) is 47.5 Å². The molecule has 3 heterocycles. The van der Waals surface area contributed by atoms with E-state index in [4.69, 9.17) is 0 Å². The van der Waals surface area contributed by atoms with Crippen molar-refractivity contribution >= 4 is 31.4 Å². The van der Waals surface area contributed by atoms with Crippen LogP contribution in [0.15, 0.2) is 46.2 Å². The number of ether oxygens (including phenoxy) is 1. The van der Waals surface area contributed by atoms with Gasteiger partial charge in [-0.3, -0.25) is 9.38 Å². The molecule has 29 heavy (non-hydrogen) atoms. The average molecular weight is 496 g/mol. The summed E-state index contributed by atoms with van der Waals surface area (Å²) < 4.78 is 82.4. The Bertz CT molecular complexity index is 1130. The molecule has 0 bridgehead atoms. The van der Waals surface area contributed by atoms with E-state index in [9.17, 15) is 26.0 Å². The van der Waals surface area contributed by atoms with E-state index >= 15 is 0 Å². The zero-order valence-corrected chi connectivity index (χ0v) is 17.2. The smallest absolute Gasteiger partial charge is 0.340 e. The van der Waals surface area contributed by atoms with Crippen molar-refractivity contribution < 1.29 is 30.7 Å². The maximum Gasteiger partial charge on any atom is 0.340 e. The van der Waals surface area contributed by atoms with Crippen LogP contribution in [0.1, 0.15) is 6.92 Å². The van der Waals surface area contributed by atoms with Crippen LogP contribution in [0.3, 0.4) is 0 Å². The van der Waals surface area contributed by atoms with E-state index in [1.54, 1.807) is 18.3 Å². The highest BCUT2D eigenvalue weighted by molar-refractivity contribution is 9.10. The number of alkyl halides is 4. The van der Waals surface area contributed by atoms with Crippen LogP contribution in [0.2, 0.25) is 0 Å². The summed E-state index contributed by atoms with van der Waals surface area (Å²) in [4.78, 5) is 8.33. The van der Waals surface area contributed by atoms with Crippen LogP contribution in [0.25, 0.3) is 17.0 Å². The van der Waals surface area contributed by atoms with Gasteiger partial charge in [0.2, 0.25) is 0 Å². The first-order valence-corrected chi connectivity index (χ1v) is 10.7. The van der Waals surface area contributed by atoms with Gasteiger partial charge in [-0.1, -0.05) is 6.92 Å². The van der Waals surface area contributed by atoms with Crippen LogP contribution in [-0.2, 0) is 9.84 Å². The second-order valence-corrected chi connectivity index (χ2v) is 9.08. The van der Waals surface area contributed by atoms with Gasteiger partial charge in [0.05, 0.1) is 17.6 Å². The summed E-state index contributed by atoms with van der Waals surface area (Å²) in [6.07, 6.45) is -1.26. The Morgan fingerprint density at radius 2 is 1.97 bits per heavy atom. The third kappa shape index (κ3) is 4.37. The third-order valence-corrected chi connectivity index (χ3v) is 6.15. The molecule has 0 saturated heterocycles. The predicted octanol–water partition coefficient (Wildman–Crippen LogP) is 4.23. The number of imidazole rings is 1. The molecule has 3 rings (SSSR count). The molecule has 0 atom stereocenters. The van der Waals surface area contributed by atoms with Crippen molar-refractivity contribution in [3.05, 3.63) is 41.1 Å². The van der Waals surface area contributed by atoms with E-state index in [1.807, 2.05) is 0 Å². The number of hydrogen-bond donors (Lipinski definition) is 0. The fourth-order valence-corrected chi connectivity index (χ4v) is 3.95. The molecule has 6 nitrogen and oxygen atoms in total. The van der Waals surface area contributed by atoms with Gasteiger partial charge in [0.1, 0.15) is 17.1 Å². The lowest BCUT2D eigenvalue weighted by atomic mass is 10.3. The molecule has 0 unspecified atom stereocenters. The minimum Gasteiger partial charge on any atom is -0.485 e. The lowest BCUT2D eigenvalue weighted by Gasteiger charge is -2.15. The lowest BCUT2D eigenvalue weighted by molar-refractivity contribution is -0.148. The molecular formula is C17H14BrF4N3O3S. The van der Waals surface area contributed by atoms with Crippen LogP contribution in [0.5, 0.6) is 5.75 Å². The van der Waals surface area contributed by atoms with Gasteiger partial charge < -0.3 is 4.74 Å². The van der Waals surface area contributed by atoms with Gasteiger partial charge in [0, 0.05) is 10.7 Å². The summed E-state index contributed by atoms with van der Waals surface area (Å²) in [6.45, 7) is -0.0202. The summed E-state index contributed by atoms with van der Waals surface area (Å²) in [5.41, 5.74) is 0.605. The molecule has 0 radical (unpaired) electrons. The van der Waals surface area contributed by atoms with E-state index in [0.717, 1.165) is 6.20 Å². The van der Waals surface area contributed by atoms with Gasteiger partial charge in [-0.05, 0) is 40.2 Å². The van der Waals surface area contributed by atoms with Gasteiger partial charge in [-0.2, -0.15) is 8.78 Å². The summed E-state index contributed by atoms with van der Waals surface area (Å²) >= 11 is 3.28. The number of aromatic nitrogens is 3. The highest BCUT2D eigenvalue weighted by Crippen LogP contribution is 2.30. The number of halogens is 5. The first-order valence-electron chi connectivity index (χ1n) is 8.20. The van der Waals surface area contributed by atoms with Crippen molar-refractivity contribution in [2.24, 2.45) is 0 Å². The monoisotopic (exact) mass is 495 g/mol. The summed E-state index contributed by atoms with van der Waals surface area (Å²) in [5, 5.41) is -0.0679. The topological polar surface area (TPSA) is 73.6 Å². The van der Waals surface area contributed by atoms with Crippen molar-refractivity contribution in [3.8, 4) is 17.1 Å². The molecule has 0 aromatic carbocycles. The van der Waals surface area contributed by atoms with Crippen LogP contribution in [0.4, 0.5) is 17.6 Å². The first-order chi connectivity index (χ1) is 13.5. The number of pyridine rings is 2. The van der Waals surface area contributed by atoms with Gasteiger partial charge in [-0.15, -0.1) is 0 Å². The third-order valence-electron chi connectivity index (χ3n) is 3.94. The van der Waals surface area contributed by atoms with Crippen molar-refractivity contribution in [2.75, 3.05) is 12.4 Å². The molecule has 0 aliphatic heterocycles. The number of fused-ring (bicyclic) bond motifs is 1. The van der Waals surface area contributed by atoms with Crippen molar-refractivity contribution in [1.29, 1.82) is 0 Å². The Balaban J connectivity index is 2.00. The molecular weight excluding hydrogens is 482 g/mol. The average Bonchev–Trinajstić information content (AvgIpc) is 3.06. The predicted molar refractivity (Wildman–Crippen MR) is 100 cm³/mol. The highest BCUT2D eigenvalue weighted by atomic mass is 79.9. The zero-order valence-electron chi connectivity index (χ0n) is 14.8. The number of rotatable bonds is 7. The fourth-order valence-electron chi connectivity index (χ4n) is 2.45. The number of sulfone groups is 1. The largest absolute Gasteiger partial charge is 0.485 e. The van der Waals surface area contributed by atoms with Crippen molar-refractivity contribution in [3.63, 3.8) is 0 Å². The Labute approximate surface area is 171 Å². The fraction of sp³-hybridized carbons (Fsp3) is 0.294. The summed E-state index contributed by atoms with van der Waals surface area (Å²) in [5.74, 6) is -4.64. The molecule has 0 saturated carbocycles. The minimum absolute atomic E-state index is 0.0679. The molecule has 0 aliphatic carbocycles. The van der Waals surface area contributed by atoms with E-state index in [0.29, 0.717) is 10.1 Å². The van der Waals surface area contributed by atoms with E-state index < -0.39 is 28.8 Å². The second-order valence-electron chi connectivity index (χ2n) is 5.97. The zero-order chi connectivity index (χ0) is 21.4. The minimum atomic E-state index is -4.30. The number of nitrogens with zero attached hydrogens (tertiary/aromatic N) is 3. The van der Waals surface area contributed by atoms with Gasteiger partial charge >= 0.3 is 12.3 Å². The lowest BCUT2D eigenvalue weighted by Crippen LogP contribution is -2.33. The normalized spacial score (nSPS) is 12.7. The Morgan fingerprint density at radius 1 is 1.24 bits per heavy atom. The van der Waals surface area contributed by atoms with E-state index in [2.05, 4.69) is 30.6 Å². The maximum absolute atomic E-state index is 13.0. The molecule has 156 valence electrons. The van der Waals surface area contributed by atoms with Gasteiger partial charge in [-0.25, -0.2) is 22.2 Å². The van der Waals surface area contributed by atoms with Crippen LogP contribution >= 0.6 is 15.9 Å². The molecule has 0 spiro atoms. The summed E-state index contributed by atoms with van der Waals surface area (Å²) in [7, 11) is -3.70. The number of hydrogen-bond acceptors (Lipinski definition) is 5. The Hall–Kier alpha value is -2.21. The second kappa shape index (κ2) is 7.90. The van der Waals surface area contributed by atoms with Crippen LogP contribution in [0, 0.1) is 0 Å². The van der Waals surface area contributed by atoms with E-state index in [-0.39, 0.29) is 27.9 Å². The summed E-state index contributed by atoms with van der Waals surface area (Å²) in [6, 6.07) is 5.86. The van der Waals surface area contributed by atoms with Crippen LogP contribution < -0.4 is 4.74 Å². The molecule has 3 aromatic rings. The molecule has 0 aliphatic rings. The molecule has 3 aromatic heterocycles. The quantitative estimate of drug-likeness (QED) is 0.458. The van der Waals surface area contributed by atoms with E-state index in [1.165, 1.54) is 23.5 Å². The molecule has 12 heteroatoms. The van der Waals surface area contributed by atoms with Gasteiger partial charge in [0.15, 0.2) is 21.5 Å². The first kappa shape index (κ1) is 21.5. The highest BCUT2D eigenvalue weighted by Gasteiger charge is 2.41. The Kier molecular flexibility index (Phi) is 5.86. The standard InChI is InChI=1S/C17H14BrF4N3O3S/c1-2-29(26,27)15-14(24-13-6-3-10(18)8-25(13)15)12-5-4-11(7-23-12)28-9-17(21,22)16(19)20/h3-8,16H,2,9H2,1H3. The molecule has 0 N–H and O–H groups in total. The Morgan fingerprint density at radius 3 is 2.55 bits per heavy atom.